The third kappa shape index (κ3) is 1.73. The van der Waals surface area contributed by atoms with E-state index in [0.717, 1.165) is 13.1 Å². The first kappa shape index (κ1) is 8.74. The van der Waals surface area contributed by atoms with Crippen LogP contribution in [-0.2, 0) is 0 Å². The molecule has 1 aromatic rings. The third-order valence-corrected chi connectivity index (χ3v) is 1.77. The molecule has 74 valence electrons. The number of aromatic nitrogens is 2. The predicted octanol–water partition coefficient (Wildman–Crippen LogP) is -0.144. The number of ether oxygens (including phenoxy) is 1. The Morgan fingerprint density at radius 2 is 2.29 bits per heavy atom. The highest BCUT2D eigenvalue weighted by Crippen LogP contribution is 2.16. The van der Waals surface area contributed by atoms with Crippen LogP contribution in [0.3, 0.4) is 0 Å². The Labute approximate surface area is 81.4 Å². The molecule has 2 N–H and O–H groups in total. The summed E-state index contributed by atoms with van der Waals surface area (Å²) >= 11 is 0. The van der Waals surface area contributed by atoms with Crippen molar-refractivity contribution in [2.24, 2.45) is 4.99 Å². The zero-order chi connectivity index (χ0) is 9.80. The van der Waals surface area contributed by atoms with Gasteiger partial charge in [0.15, 0.2) is 11.8 Å². The maximum absolute atomic E-state index is 5.04. The minimum atomic E-state index is 0.462. The summed E-state index contributed by atoms with van der Waals surface area (Å²) < 4.78 is 5.04. The fourth-order valence-electron chi connectivity index (χ4n) is 1.15. The van der Waals surface area contributed by atoms with Crippen molar-refractivity contribution in [2.45, 2.75) is 0 Å². The predicted molar refractivity (Wildman–Crippen MR) is 52.5 cm³/mol. The van der Waals surface area contributed by atoms with E-state index in [-0.39, 0.29) is 0 Å². The van der Waals surface area contributed by atoms with Crippen molar-refractivity contribution >= 4 is 11.8 Å². The highest BCUT2D eigenvalue weighted by Gasteiger charge is 2.09. The van der Waals surface area contributed by atoms with Gasteiger partial charge in [-0.2, -0.15) is 0 Å². The van der Waals surface area contributed by atoms with Crippen LogP contribution in [0.25, 0.3) is 0 Å². The van der Waals surface area contributed by atoms with Gasteiger partial charge >= 0.3 is 0 Å². The Bertz CT molecular complexity index is 351. The Balaban J connectivity index is 2.15. The molecule has 0 fully saturated rings. The molecule has 0 saturated carbocycles. The van der Waals surface area contributed by atoms with Crippen LogP contribution in [0.5, 0.6) is 5.88 Å². The molecule has 1 aliphatic rings. The summed E-state index contributed by atoms with van der Waals surface area (Å²) in [7, 11) is 1.55. The van der Waals surface area contributed by atoms with Crippen molar-refractivity contribution < 1.29 is 4.74 Å². The van der Waals surface area contributed by atoms with Crippen LogP contribution in [0, 0.1) is 0 Å². The largest absolute Gasteiger partial charge is 0.478 e. The molecule has 1 aliphatic heterocycles. The molecule has 0 atom stereocenters. The van der Waals surface area contributed by atoms with Crippen LogP contribution < -0.4 is 15.4 Å². The van der Waals surface area contributed by atoms with E-state index in [1.54, 1.807) is 19.5 Å². The molecule has 2 heterocycles. The zero-order valence-corrected chi connectivity index (χ0v) is 7.82. The minimum Gasteiger partial charge on any atom is -0.478 e. The molecule has 1 aromatic heterocycles. The Hall–Kier alpha value is -1.85. The maximum atomic E-state index is 5.04. The van der Waals surface area contributed by atoms with Gasteiger partial charge in [0.05, 0.1) is 13.7 Å². The third-order valence-electron chi connectivity index (χ3n) is 1.77. The summed E-state index contributed by atoms with van der Waals surface area (Å²) in [5.74, 6) is 1.75. The second-order valence-corrected chi connectivity index (χ2v) is 2.70. The van der Waals surface area contributed by atoms with Gasteiger partial charge in [-0.3, -0.25) is 4.99 Å². The van der Waals surface area contributed by atoms with Gasteiger partial charge in [-0.25, -0.2) is 9.97 Å². The van der Waals surface area contributed by atoms with E-state index >= 15 is 0 Å². The van der Waals surface area contributed by atoms with Crippen molar-refractivity contribution in [3.05, 3.63) is 12.4 Å². The number of nitrogens with zero attached hydrogens (tertiary/aromatic N) is 3. The van der Waals surface area contributed by atoms with E-state index in [4.69, 9.17) is 4.74 Å². The second kappa shape index (κ2) is 3.91. The van der Waals surface area contributed by atoms with Crippen LogP contribution in [0.15, 0.2) is 17.4 Å². The topological polar surface area (TPSA) is 71.4 Å². The van der Waals surface area contributed by atoms with Crippen LogP contribution in [-0.4, -0.2) is 36.1 Å². The average molecular weight is 193 g/mol. The molecule has 0 amide bonds. The number of hydrogen-bond donors (Lipinski definition) is 2. The molecule has 2 rings (SSSR count). The molecule has 0 bridgehead atoms. The zero-order valence-electron chi connectivity index (χ0n) is 7.82. The first-order valence-electron chi connectivity index (χ1n) is 4.30. The maximum Gasteiger partial charge on any atom is 0.257 e. The molecule has 0 unspecified atom stereocenters. The van der Waals surface area contributed by atoms with Crippen molar-refractivity contribution in [3.8, 4) is 5.88 Å². The number of anilines is 1. The lowest BCUT2D eigenvalue weighted by molar-refractivity contribution is 0.398. The lowest BCUT2D eigenvalue weighted by Crippen LogP contribution is -2.26. The Kier molecular flexibility index (Phi) is 2.44. The van der Waals surface area contributed by atoms with Crippen molar-refractivity contribution in [3.63, 3.8) is 0 Å². The molecule has 6 nitrogen and oxygen atoms in total. The fraction of sp³-hybridized carbons (Fsp3) is 0.375. The smallest absolute Gasteiger partial charge is 0.257 e. The van der Waals surface area contributed by atoms with E-state index in [1.807, 2.05) is 0 Å². The monoisotopic (exact) mass is 193 g/mol. The number of nitrogens with one attached hydrogen (secondary N) is 2. The second-order valence-electron chi connectivity index (χ2n) is 2.70. The van der Waals surface area contributed by atoms with Gasteiger partial charge in [-0.1, -0.05) is 0 Å². The van der Waals surface area contributed by atoms with Gasteiger partial charge in [-0.15, -0.1) is 0 Å². The van der Waals surface area contributed by atoms with Crippen LogP contribution in [0.2, 0.25) is 0 Å². The number of hydrogen-bond acceptors (Lipinski definition) is 6. The molecule has 0 spiro atoms. The number of methoxy groups -OCH3 is 1. The van der Waals surface area contributed by atoms with Crippen molar-refractivity contribution in [1.29, 1.82) is 0 Å². The summed E-state index contributed by atoms with van der Waals surface area (Å²) in [6, 6.07) is 0. The van der Waals surface area contributed by atoms with Gasteiger partial charge in [-0.05, 0) is 0 Å². The molecule has 0 saturated heterocycles. The lowest BCUT2D eigenvalue weighted by atomic mass is 10.6. The molecular formula is C8H11N5O. The van der Waals surface area contributed by atoms with Gasteiger partial charge in [0.25, 0.3) is 5.88 Å². The first-order chi connectivity index (χ1) is 6.90. The molecule has 0 radical (unpaired) electrons. The molecule has 0 aromatic carbocycles. The number of rotatable bonds is 2. The standard InChI is InChI=1S/C8H11N5O/c1-14-7-6(9-2-3-10-7)13-8-11-4-5-12-8/h2-3H,4-5H2,1H3,(H2,9,11,12,13). The first-order valence-corrected chi connectivity index (χ1v) is 4.30. The highest BCUT2D eigenvalue weighted by molar-refractivity contribution is 5.94. The number of guanidine groups is 1. The summed E-state index contributed by atoms with van der Waals surface area (Å²) in [6.45, 7) is 1.63. The van der Waals surface area contributed by atoms with Crippen molar-refractivity contribution in [1.82, 2.24) is 15.3 Å². The van der Waals surface area contributed by atoms with Crippen LogP contribution >= 0.6 is 0 Å². The molecule has 6 heteroatoms. The Morgan fingerprint density at radius 3 is 3.00 bits per heavy atom. The minimum absolute atomic E-state index is 0.462. The van der Waals surface area contributed by atoms with E-state index in [9.17, 15) is 0 Å². The summed E-state index contributed by atoms with van der Waals surface area (Å²) in [4.78, 5) is 12.3. The van der Waals surface area contributed by atoms with Crippen LogP contribution in [0.4, 0.5) is 5.82 Å². The van der Waals surface area contributed by atoms with Gasteiger partial charge in [0.1, 0.15) is 0 Å². The van der Waals surface area contributed by atoms with E-state index in [0.29, 0.717) is 17.7 Å². The number of aliphatic imine (C=N–C) groups is 1. The van der Waals surface area contributed by atoms with Gasteiger partial charge in [0.2, 0.25) is 0 Å². The van der Waals surface area contributed by atoms with Crippen LogP contribution in [0.1, 0.15) is 0 Å². The van der Waals surface area contributed by atoms with E-state index in [1.165, 1.54) is 0 Å². The summed E-state index contributed by atoms with van der Waals surface area (Å²) in [5.41, 5.74) is 0. The van der Waals surface area contributed by atoms with E-state index in [2.05, 4.69) is 25.6 Å². The quantitative estimate of drug-likeness (QED) is 0.683. The molecule has 0 aliphatic carbocycles. The fourth-order valence-corrected chi connectivity index (χ4v) is 1.15. The Morgan fingerprint density at radius 1 is 1.43 bits per heavy atom. The lowest BCUT2D eigenvalue weighted by Gasteiger charge is -2.07. The summed E-state index contributed by atoms with van der Waals surface area (Å²) in [6.07, 6.45) is 3.17. The molecular weight excluding hydrogens is 182 g/mol. The van der Waals surface area contributed by atoms with Crippen molar-refractivity contribution in [2.75, 3.05) is 25.5 Å². The average Bonchev–Trinajstić information content (AvgIpc) is 2.71. The van der Waals surface area contributed by atoms with Gasteiger partial charge in [0, 0.05) is 18.9 Å². The SMILES string of the molecule is COc1nccnc1NC1=NCCN1. The molecule has 14 heavy (non-hydrogen) atoms. The van der Waals surface area contributed by atoms with E-state index < -0.39 is 0 Å². The summed E-state index contributed by atoms with van der Waals surface area (Å²) in [5, 5.41) is 6.07. The van der Waals surface area contributed by atoms with Gasteiger partial charge < -0.3 is 15.4 Å². The highest BCUT2D eigenvalue weighted by atomic mass is 16.5. The normalized spacial score (nSPS) is 14.5.